The van der Waals surface area contributed by atoms with Gasteiger partial charge in [-0.2, -0.15) is 0 Å². The van der Waals surface area contributed by atoms with Crippen molar-refractivity contribution in [3.8, 4) is 11.3 Å². The minimum absolute atomic E-state index is 0.385. The summed E-state index contributed by atoms with van der Waals surface area (Å²) >= 11 is 0. The van der Waals surface area contributed by atoms with Crippen LogP contribution in [0, 0.1) is 0 Å². The van der Waals surface area contributed by atoms with Gasteiger partial charge in [-0.3, -0.25) is 0 Å². The number of aromatic nitrogens is 2. The van der Waals surface area contributed by atoms with Gasteiger partial charge in [0.1, 0.15) is 12.1 Å². The molecule has 21 heavy (non-hydrogen) atoms. The molecule has 0 atom stereocenters. The second-order valence-corrected chi connectivity index (χ2v) is 6.14. The number of hydrogen-bond acceptors (Lipinski definition) is 3. The summed E-state index contributed by atoms with van der Waals surface area (Å²) in [5, 5.41) is 3.20. The third-order valence-corrected chi connectivity index (χ3v) is 4.43. The molecule has 1 aromatic heterocycles. The van der Waals surface area contributed by atoms with Crippen LogP contribution in [-0.4, -0.2) is 17.0 Å². The molecule has 0 aliphatic heterocycles. The van der Waals surface area contributed by atoms with Crippen LogP contribution >= 0.6 is 0 Å². The molecule has 3 nitrogen and oxygen atoms in total. The van der Waals surface area contributed by atoms with E-state index in [2.05, 4.69) is 53.4 Å². The topological polar surface area (TPSA) is 37.8 Å². The van der Waals surface area contributed by atoms with E-state index in [4.69, 9.17) is 0 Å². The lowest BCUT2D eigenvalue weighted by Crippen LogP contribution is -2.09. The first kappa shape index (κ1) is 14.1. The van der Waals surface area contributed by atoms with Crippen molar-refractivity contribution < 1.29 is 0 Å². The van der Waals surface area contributed by atoms with Gasteiger partial charge in [0.2, 0.25) is 0 Å². The molecule has 0 bridgehead atoms. The number of hydrogen-bond donors (Lipinski definition) is 1. The summed E-state index contributed by atoms with van der Waals surface area (Å²) in [4.78, 5) is 8.94. The highest BCUT2D eigenvalue weighted by Gasteiger charge is 2.21. The van der Waals surface area contributed by atoms with Crippen molar-refractivity contribution >= 4 is 5.82 Å². The van der Waals surface area contributed by atoms with Gasteiger partial charge in [0, 0.05) is 18.2 Å². The first-order valence-corrected chi connectivity index (χ1v) is 7.83. The molecule has 1 N–H and O–H groups in total. The molecule has 1 aliphatic carbocycles. The minimum Gasteiger partial charge on any atom is -0.373 e. The number of benzene rings is 1. The normalized spacial score (nSPS) is 15.0. The van der Waals surface area contributed by atoms with E-state index in [1.54, 1.807) is 6.33 Å². The molecule has 0 radical (unpaired) electrons. The van der Waals surface area contributed by atoms with Gasteiger partial charge in [-0.1, -0.05) is 38.5 Å². The van der Waals surface area contributed by atoms with Crippen LogP contribution in [0.15, 0.2) is 30.6 Å². The second kappa shape index (κ2) is 5.84. The third kappa shape index (κ3) is 2.65. The summed E-state index contributed by atoms with van der Waals surface area (Å²) in [7, 11) is 1.92. The molecule has 3 heteroatoms. The van der Waals surface area contributed by atoms with Crippen molar-refractivity contribution in [3.05, 3.63) is 41.7 Å². The Hall–Kier alpha value is -1.90. The van der Waals surface area contributed by atoms with Crippen molar-refractivity contribution in [1.82, 2.24) is 9.97 Å². The maximum Gasteiger partial charge on any atom is 0.133 e. The van der Waals surface area contributed by atoms with Crippen molar-refractivity contribution in [2.75, 3.05) is 12.4 Å². The Morgan fingerprint density at radius 3 is 2.62 bits per heavy atom. The van der Waals surface area contributed by atoms with E-state index in [9.17, 15) is 0 Å². The summed E-state index contributed by atoms with van der Waals surface area (Å²) in [6.07, 6.45) is 5.67. The van der Waals surface area contributed by atoms with Gasteiger partial charge in [0.25, 0.3) is 0 Å². The number of rotatable bonds is 4. The Morgan fingerprint density at radius 2 is 2.00 bits per heavy atom. The van der Waals surface area contributed by atoms with E-state index < -0.39 is 0 Å². The Balaban J connectivity index is 2.07. The molecule has 2 aromatic rings. The molecule has 1 heterocycles. The average Bonchev–Trinajstić information content (AvgIpc) is 2.44. The van der Waals surface area contributed by atoms with E-state index in [0.717, 1.165) is 17.4 Å². The Morgan fingerprint density at radius 1 is 1.19 bits per heavy atom. The van der Waals surface area contributed by atoms with Crippen LogP contribution in [0.1, 0.15) is 56.1 Å². The Bertz CT molecular complexity index is 630. The van der Waals surface area contributed by atoms with Gasteiger partial charge < -0.3 is 5.32 Å². The zero-order chi connectivity index (χ0) is 14.8. The van der Waals surface area contributed by atoms with E-state index >= 15 is 0 Å². The fourth-order valence-corrected chi connectivity index (χ4v) is 3.05. The van der Waals surface area contributed by atoms with Crippen LogP contribution in [-0.2, 0) is 0 Å². The molecule has 110 valence electrons. The van der Waals surface area contributed by atoms with Crippen molar-refractivity contribution in [2.45, 2.75) is 44.9 Å². The van der Waals surface area contributed by atoms with E-state index in [1.807, 2.05) is 7.05 Å². The van der Waals surface area contributed by atoms with Gasteiger partial charge in [-0.05, 0) is 36.3 Å². The highest BCUT2D eigenvalue weighted by Crippen LogP contribution is 2.38. The Labute approximate surface area is 126 Å². The summed E-state index contributed by atoms with van der Waals surface area (Å²) in [5.41, 5.74) is 4.93. The van der Waals surface area contributed by atoms with E-state index in [-0.39, 0.29) is 0 Å². The predicted molar refractivity (Wildman–Crippen MR) is 87.7 cm³/mol. The van der Waals surface area contributed by atoms with Crippen molar-refractivity contribution in [2.24, 2.45) is 0 Å². The lowest BCUT2D eigenvalue weighted by molar-refractivity contribution is 0.420. The molecule has 0 unspecified atom stereocenters. The lowest BCUT2D eigenvalue weighted by Gasteiger charge is -2.26. The maximum atomic E-state index is 4.57. The quantitative estimate of drug-likeness (QED) is 0.891. The molecule has 0 saturated heterocycles. The molecule has 1 fully saturated rings. The molecule has 0 spiro atoms. The maximum absolute atomic E-state index is 4.57. The zero-order valence-electron chi connectivity index (χ0n) is 13.1. The fourth-order valence-electron chi connectivity index (χ4n) is 3.05. The van der Waals surface area contributed by atoms with Gasteiger partial charge in [0.15, 0.2) is 0 Å². The van der Waals surface area contributed by atoms with Gasteiger partial charge >= 0.3 is 0 Å². The van der Waals surface area contributed by atoms with E-state index in [0.29, 0.717) is 5.92 Å². The van der Waals surface area contributed by atoms with Crippen LogP contribution in [0.5, 0.6) is 0 Å². The predicted octanol–water partition coefficient (Wildman–Crippen LogP) is 4.58. The van der Waals surface area contributed by atoms with Crippen LogP contribution in [0.25, 0.3) is 11.3 Å². The molecule has 1 aromatic carbocycles. The van der Waals surface area contributed by atoms with Gasteiger partial charge in [-0.15, -0.1) is 0 Å². The average molecular weight is 281 g/mol. The smallest absolute Gasteiger partial charge is 0.133 e. The highest BCUT2D eigenvalue weighted by atomic mass is 15.0. The molecule has 1 aliphatic rings. The lowest BCUT2D eigenvalue weighted by atomic mass is 9.79. The van der Waals surface area contributed by atoms with Crippen molar-refractivity contribution in [3.63, 3.8) is 0 Å². The monoisotopic (exact) mass is 281 g/mol. The van der Waals surface area contributed by atoms with Crippen molar-refractivity contribution in [1.29, 1.82) is 0 Å². The second-order valence-electron chi connectivity index (χ2n) is 6.14. The molecular formula is C18H23N3. The largest absolute Gasteiger partial charge is 0.373 e. The Kier molecular flexibility index (Phi) is 3.91. The minimum atomic E-state index is 0.385. The summed E-state index contributed by atoms with van der Waals surface area (Å²) in [6, 6.07) is 8.89. The number of nitrogens with zero attached hydrogens (tertiary/aromatic N) is 2. The van der Waals surface area contributed by atoms with Crippen LogP contribution in [0.3, 0.4) is 0 Å². The summed E-state index contributed by atoms with van der Waals surface area (Å²) in [6.45, 7) is 4.39. The zero-order valence-corrected chi connectivity index (χ0v) is 13.1. The first-order valence-electron chi connectivity index (χ1n) is 7.83. The summed E-state index contributed by atoms with van der Waals surface area (Å²) in [5.74, 6) is 2.07. The molecule has 3 rings (SSSR count). The summed E-state index contributed by atoms with van der Waals surface area (Å²) < 4.78 is 0. The van der Waals surface area contributed by atoms with Gasteiger partial charge in [-0.25, -0.2) is 9.97 Å². The number of nitrogens with one attached hydrogen (secondary N) is 1. The number of anilines is 1. The SMILES string of the molecule is CNc1ncnc(-c2cccc(C3CCC3)c2)c1C(C)C. The highest BCUT2D eigenvalue weighted by molar-refractivity contribution is 5.69. The third-order valence-electron chi connectivity index (χ3n) is 4.43. The van der Waals surface area contributed by atoms with Crippen LogP contribution in [0.2, 0.25) is 0 Å². The molecule has 1 saturated carbocycles. The molecule has 0 amide bonds. The van der Waals surface area contributed by atoms with Gasteiger partial charge in [0.05, 0.1) is 5.69 Å². The fraction of sp³-hybridized carbons (Fsp3) is 0.444. The molecular weight excluding hydrogens is 258 g/mol. The standard InChI is InChI=1S/C18H23N3/c1-12(2)16-17(20-11-21-18(16)19-3)15-9-5-8-14(10-15)13-6-4-7-13/h5,8-13H,4,6-7H2,1-3H3,(H,19,20,21). The van der Waals surface area contributed by atoms with E-state index in [1.165, 1.54) is 36.0 Å². The first-order chi connectivity index (χ1) is 10.2. The van der Waals surface area contributed by atoms with Crippen LogP contribution < -0.4 is 5.32 Å². The van der Waals surface area contributed by atoms with Crippen LogP contribution in [0.4, 0.5) is 5.82 Å².